The highest BCUT2D eigenvalue weighted by molar-refractivity contribution is 9.10. The Morgan fingerprint density at radius 1 is 1.26 bits per heavy atom. The molecule has 1 aromatic heterocycles. The molecule has 2 aromatic rings. The first-order valence-corrected chi connectivity index (χ1v) is 9.05. The third-order valence-electron chi connectivity index (χ3n) is 3.05. The van der Waals surface area contributed by atoms with Crippen molar-refractivity contribution in [1.82, 2.24) is 9.71 Å². The molecule has 124 valence electrons. The lowest BCUT2D eigenvalue weighted by Crippen LogP contribution is -2.24. The molecule has 9 heteroatoms. The minimum Gasteiger partial charge on any atom is -0.496 e. The SMILES string of the molecule is COc1cccc(OC)c1CNS(=O)(=O)c1cnc(Cl)c(Br)c1. The summed E-state index contributed by atoms with van der Waals surface area (Å²) in [6.45, 7) is 0.00969. The van der Waals surface area contributed by atoms with Crippen molar-refractivity contribution in [2.24, 2.45) is 0 Å². The van der Waals surface area contributed by atoms with E-state index < -0.39 is 10.0 Å². The van der Waals surface area contributed by atoms with E-state index in [1.54, 1.807) is 18.2 Å². The molecular formula is C14H14BrClN2O4S. The summed E-state index contributed by atoms with van der Waals surface area (Å²) in [4.78, 5) is 3.82. The number of nitrogens with zero attached hydrogens (tertiary/aromatic N) is 1. The zero-order valence-electron chi connectivity index (χ0n) is 12.3. The van der Waals surface area contributed by atoms with Crippen LogP contribution in [0, 0.1) is 0 Å². The van der Waals surface area contributed by atoms with Gasteiger partial charge in [0.2, 0.25) is 10.0 Å². The number of pyridine rings is 1. The van der Waals surface area contributed by atoms with Gasteiger partial charge in [0.25, 0.3) is 0 Å². The standard InChI is InChI=1S/C14H14BrClN2O4S/c1-21-12-4-3-5-13(22-2)10(12)8-18-23(19,20)9-6-11(15)14(16)17-7-9/h3-7,18H,8H2,1-2H3. The van der Waals surface area contributed by atoms with Crippen molar-refractivity contribution in [3.05, 3.63) is 45.7 Å². The Balaban J connectivity index is 2.27. The number of hydrogen-bond donors (Lipinski definition) is 1. The smallest absolute Gasteiger partial charge is 0.242 e. The van der Waals surface area contributed by atoms with Gasteiger partial charge in [-0.25, -0.2) is 18.1 Å². The summed E-state index contributed by atoms with van der Waals surface area (Å²) in [5.74, 6) is 1.06. The molecule has 2 rings (SSSR count). The maximum absolute atomic E-state index is 12.4. The Labute approximate surface area is 148 Å². The van der Waals surface area contributed by atoms with Gasteiger partial charge in [0.15, 0.2) is 0 Å². The molecule has 23 heavy (non-hydrogen) atoms. The first kappa shape index (κ1) is 18.0. The zero-order valence-corrected chi connectivity index (χ0v) is 15.5. The monoisotopic (exact) mass is 420 g/mol. The number of hydrogen-bond acceptors (Lipinski definition) is 5. The second kappa shape index (κ2) is 7.48. The Kier molecular flexibility index (Phi) is 5.85. The second-order valence-corrected chi connectivity index (χ2v) is 7.39. The van der Waals surface area contributed by atoms with Gasteiger partial charge in [0.05, 0.1) is 24.3 Å². The molecule has 0 saturated heterocycles. The molecule has 0 amide bonds. The second-order valence-electron chi connectivity index (χ2n) is 4.41. The largest absolute Gasteiger partial charge is 0.496 e. The van der Waals surface area contributed by atoms with Crippen LogP contribution in [0.3, 0.4) is 0 Å². The summed E-state index contributed by atoms with van der Waals surface area (Å²) >= 11 is 8.93. The van der Waals surface area contributed by atoms with Crippen molar-refractivity contribution in [2.45, 2.75) is 11.4 Å². The predicted molar refractivity (Wildman–Crippen MR) is 90.5 cm³/mol. The Bertz CT molecular complexity index is 792. The predicted octanol–water partition coefficient (Wildman–Crippen LogP) is 2.99. The van der Waals surface area contributed by atoms with Gasteiger partial charge in [-0.15, -0.1) is 0 Å². The molecule has 0 aliphatic carbocycles. The highest BCUT2D eigenvalue weighted by Gasteiger charge is 2.18. The minimum absolute atomic E-state index is 0.00244. The summed E-state index contributed by atoms with van der Waals surface area (Å²) in [6.07, 6.45) is 1.19. The topological polar surface area (TPSA) is 77.5 Å². The number of sulfonamides is 1. The average Bonchev–Trinajstić information content (AvgIpc) is 2.54. The van der Waals surface area contributed by atoms with Crippen LogP contribution in [0.4, 0.5) is 0 Å². The zero-order chi connectivity index (χ0) is 17.0. The van der Waals surface area contributed by atoms with Crippen molar-refractivity contribution in [1.29, 1.82) is 0 Å². The molecule has 0 atom stereocenters. The number of methoxy groups -OCH3 is 2. The maximum Gasteiger partial charge on any atom is 0.242 e. The van der Waals surface area contributed by atoms with Crippen LogP contribution in [0.1, 0.15) is 5.56 Å². The van der Waals surface area contributed by atoms with Crippen LogP contribution in [0.15, 0.2) is 39.8 Å². The number of benzene rings is 1. The quantitative estimate of drug-likeness (QED) is 0.726. The van der Waals surface area contributed by atoms with E-state index in [0.29, 0.717) is 21.5 Å². The molecule has 0 bridgehead atoms. The van der Waals surface area contributed by atoms with Gasteiger partial charge in [0, 0.05) is 12.7 Å². The van der Waals surface area contributed by atoms with E-state index in [2.05, 4.69) is 25.6 Å². The van der Waals surface area contributed by atoms with Gasteiger partial charge in [-0.05, 0) is 34.1 Å². The van der Waals surface area contributed by atoms with Crippen LogP contribution in [-0.4, -0.2) is 27.6 Å². The Morgan fingerprint density at radius 3 is 2.39 bits per heavy atom. The first-order chi connectivity index (χ1) is 10.9. The first-order valence-electron chi connectivity index (χ1n) is 6.39. The van der Waals surface area contributed by atoms with Gasteiger partial charge < -0.3 is 9.47 Å². The van der Waals surface area contributed by atoms with Crippen LogP contribution in [0.5, 0.6) is 11.5 Å². The van der Waals surface area contributed by atoms with Gasteiger partial charge >= 0.3 is 0 Å². The van der Waals surface area contributed by atoms with Crippen molar-refractivity contribution in [3.8, 4) is 11.5 Å². The van der Waals surface area contributed by atoms with Gasteiger partial charge in [-0.2, -0.15) is 0 Å². The van der Waals surface area contributed by atoms with Gasteiger partial charge in [-0.1, -0.05) is 17.7 Å². The number of rotatable bonds is 6. The molecular weight excluding hydrogens is 408 g/mol. The summed E-state index contributed by atoms with van der Waals surface area (Å²) in [5.41, 5.74) is 0.599. The van der Waals surface area contributed by atoms with E-state index >= 15 is 0 Å². The maximum atomic E-state index is 12.4. The van der Waals surface area contributed by atoms with Crippen molar-refractivity contribution in [3.63, 3.8) is 0 Å². The van der Waals surface area contributed by atoms with E-state index in [0.717, 1.165) is 0 Å². The molecule has 0 fully saturated rings. The van der Waals surface area contributed by atoms with Crippen LogP contribution in [0.2, 0.25) is 5.15 Å². The van der Waals surface area contributed by atoms with E-state index in [1.165, 1.54) is 26.5 Å². The van der Waals surface area contributed by atoms with Crippen LogP contribution in [-0.2, 0) is 16.6 Å². The number of nitrogens with one attached hydrogen (secondary N) is 1. The Morgan fingerprint density at radius 2 is 1.87 bits per heavy atom. The third kappa shape index (κ3) is 4.14. The fourth-order valence-corrected chi connectivity index (χ4v) is 3.47. The number of halogens is 2. The van der Waals surface area contributed by atoms with Crippen LogP contribution >= 0.6 is 27.5 Å². The number of aromatic nitrogens is 1. The summed E-state index contributed by atoms with van der Waals surface area (Å²) in [6, 6.07) is 6.60. The lowest BCUT2D eigenvalue weighted by Gasteiger charge is -2.14. The average molecular weight is 422 g/mol. The van der Waals surface area contributed by atoms with E-state index in [9.17, 15) is 8.42 Å². The summed E-state index contributed by atoms with van der Waals surface area (Å²) in [7, 11) is -0.746. The molecule has 6 nitrogen and oxygen atoms in total. The molecule has 0 unspecified atom stereocenters. The third-order valence-corrected chi connectivity index (χ3v) is 5.55. The van der Waals surface area contributed by atoms with Gasteiger partial charge in [0.1, 0.15) is 21.5 Å². The molecule has 1 heterocycles. The van der Waals surface area contributed by atoms with E-state index in [-0.39, 0.29) is 16.6 Å². The number of ether oxygens (including phenoxy) is 2. The molecule has 1 N–H and O–H groups in total. The molecule has 0 radical (unpaired) electrons. The molecule has 0 saturated carbocycles. The molecule has 0 spiro atoms. The fourth-order valence-electron chi connectivity index (χ4n) is 1.90. The fraction of sp³-hybridized carbons (Fsp3) is 0.214. The lowest BCUT2D eigenvalue weighted by molar-refractivity contribution is 0.384. The van der Waals surface area contributed by atoms with Crippen molar-refractivity contribution >= 4 is 37.6 Å². The highest BCUT2D eigenvalue weighted by Crippen LogP contribution is 2.29. The molecule has 1 aromatic carbocycles. The highest BCUT2D eigenvalue weighted by atomic mass is 79.9. The van der Waals surface area contributed by atoms with Crippen molar-refractivity contribution in [2.75, 3.05) is 14.2 Å². The summed E-state index contributed by atoms with van der Waals surface area (Å²) in [5, 5.41) is 0.190. The molecule has 0 aliphatic heterocycles. The van der Waals surface area contributed by atoms with Crippen molar-refractivity contribution < 1.29 is 17.9 Å². The minimum atomic E-state index is -3.76. The van der Waals surface area contributed by atoms with Crippen LogP contribution in [0.25, 0.3) is 0 Å². The van der Waals surface area contributed by atoms with E-state index in [1.807, 2.05) is 0 Å². The van der Waals surface area contributed by atoms with E-state index in [4.69, 9.17) is 21.1 Å². The molecule has 0 aliphatic rings. The summed E-state index contributed by atoms with van der Waals surface area (Å²) < 4.78 is 38.1. The van der Waals surface area contributed by atoms with Crippen LogP contribution < -0.4 is 14.2 Å². The lowest BCUT2D eigenvalue weighted by atomic mass is 10.2. The Hall–Kier alpha value is -1.35. The van der Waals surface area contributed by atoms with Gasteiger partial charge in [-0.3, -0.25) is 0 Å². The normalized spacial score (nSPS) is 11.3.